The van der Waals surface area contributed by atoms with Crippen LogP contribution in [0.4, 0.5) is 5.69 Å². The van der Waals surface area contributed by atoms with Crippen molar-refractivity contribution < 1.29 is 13.2 Å². The second-order valence-electron chi connectivity index (χ2n) is 7.52. The topological polar surface area (TPSA) is 88.2 Å². The van der Waals surface area contributed by atoms with Crippen molar-refractivity contribution in [3.63, 3.8) is 0 Å². The number of hydrogen-bond donors (Lipinski definition) is 2. The molecule has 4 rings (SSSR count). The molecule has 0 radical (unpaired) electrons. The normalized spacial score (nSPS) is 11.4. The van der Waals surface area contributed by atoms with Crippen LogP contribution >= 0.6 is 0 Å². The molecule has 1 heterocycles. The molecule has 0 aliphatic carbocycles. The van der Waals surface area contributed by atoms with Crippen LogP contribution < -0.4 is 10.0 Å². The van der Waals surface area contributed by atoms with E-state index in [2.05, 4.69) is 15.0 Å². The van der Waals surface area contributed by atoms with Crippen molar-refractivity contribution in [2.45, 2.75) is 11.4 Å². The first-order chi connectivity index (χ1) is 16.5. The minimum Gasteiger partial charge on any atom is -0.323 e. The maximum Gasteiger partial charge on any atom is 0.248 e. The van der Waals surface area contributed by atoms with E-state index < -0.39 is 10.0 Å². The number of carbonyl (C=O) groups is 1. The molecule has 1 aromatic heterocycles. The van der Waals surface area contributed by atoms with Crippen LogP contribution in [0.15, 0.2) is 114 Å². The average Bonchev–Trinajstić information content (AvgIpc) is 2.88. The first-order valence-corrected chi connectivity index (χ1v) is 12.1. The Hall–Kier alpha value is -4.07. The highest BCUT2D eigenvalue weighted by Crippen LogP contribution is 2.20. The maximum atomic E-state index is 12.7. The van der Waals surface area contributed by atoms with Gasteiger partial charge >= 0.3 is 0 Å². The summed E-state index contributed by atoms with van der Waals surface area (Å²) in [6.07, 6.45) is 6.37. The van der Waals surface area contributed by atoms with Crippen LogP contribution in [0.25, 0.3) is 17.2 Å². The van der Waals surface area contributed by atoms with Gasteiger partial charge in [0.1, 0.15) is 0 Å². The van der Waals surface area contributed by atoms with Crippen molar-refractivity contribution in [1.82, 2.24) is 9.71 Å². The molecule has 34 heavy (non-hydrogen) atoms. The molecule has 0 fully saturated rings. The van der Waals surface area contributed by atoms with Crippen molar-refractivity contribution in [3.8, 4) is 11.1 Å². The average molecular weight is 470 g/mol. The van der Waals surface area contributed by atoms with E-state index in [0.717, 1.165) is 22.3 Å². The lowest BCUT2D eigenvalue weighted by Crippen LogP contribution is -2.23. The lowest BCUT2D eigenvalue weighted by Gasteiger charge is -2.09. The number of sulfonamides is 1. The number of hydrogen-bond acceptors (Lipinski definition) is 4. The summed E-state index contributed by atoms with van der Waals surface area (Å²) in [5, 5.41) is 2.71. The molecule has 7 heteroatoms. The van der Waals surface area contributed by atoms with Gasteiger partial charge in [-0.1, -0.05) is 54.6 Å². The number of aromatic nitrogens is 1. The van der Waals surface area contributed by atoms with Gasteiger partial charge in [0.05, 0.1) is 4.90 Å². The molecule has 6 nitrogen and oxygen atoms in total. The fourth-order valence-corrected chi connectivity index (χ4v) is 4.27. The van der Waals surface area contributed by atoms with Crippen molar-refractivity contribution in [2.75, 3.05) is 5.32 Å². The van der Waals surface area contributed by atoms with Gasteiger partial charge in [0.15, 0.2) is 0 Å². The third-order valence-electron chi connectivity index (χ3n) is 5.09. The Bertz CT molecular complexity index is 1370. The van der Waals surface area contributed by atoms with E-state index in [1.54, 1.807) is 42.7 Å². The predicted molar refractivity (Wildman–Crippen MR) is 134 cm³/mol. The second kappa shape index (κ2) is 10.7. The Labute approximate surface area is 199 Å². The lowest BCUT2D eigenvalue weighted by atomic mass is 10.0. The van der Waals surface area contributed by atoms with Gasteiger partial charge in [-0.15, -0.1) is 0 Å². The predicted octanol–water partition coefficient (Wildman–Crippen LogP) is 4.88. The Morgan fingerprint density at radius 1 is 0.794 bits per heavy atom. The van der Waals surface area contributed by atoms with E-state index in [1.165, 1.54) is 18.2 Å². The summed E-state index contributed by atoms with van der Waals surface area (Å²) in [5.74, 6) is -0.315. The number of benzene rings is 3. The summed E-state index contributed by atoms with van der Waals surface area (Å²) in [6, 6.07) is 27.3. The summed E-state index contributed by atoms with van der Waals surface area (Å²) in [6.45, 7) is 0.176. The van der Waals surface area contributed by atoms with Gasteiger partial charge in [0, 0.05) is 30.7 Å². The van der Waals surface area contributed by atoms with Gasteiger partial charge in [-0.05, 0) is 64.7 Å². The summed E-state index contributed by atoms with van der Waals surface area (Å²) in [5.41, 5.74) is 4.38. The quantitative estimate of drug-likeness (QED) is 0.360. The van der Waals surface area contributed by atoms with E-state index in [-0.39, 0.29) is 17.3 Å². The Balaban J connectivity index is 1.33. The maximum absolute atomic E-state index is 12.7. The zero-order valence-electron chi connectivity index (χ0n) is 18.3. The van der Waals surface area contributed by atoms with E-state index in [4.69, 9.17) is 0 Å². The smallest absolute Gasteiger partial charge is 0.248 e. The van der Waals surface area contributed by atoms with Gasteiger partial charge in [-0.2, -0.15) is 0 Å². The second-order valence-corrected chi connectivity index (χ2v) is 9.28. The van der Waals surface area contributed by atoms with Crippen LogP contribution in [-0.4, -0.2) is 19.3 Å². The summed E-state index contributed by atoms with van der Waals surface area (Å²) in [4.78, 5) is 16.1. The molecule has 0 spiro atoms. The molecule has 0 saturated carbocycles. The Morgan fingerprint density at radius 2 is 1.44 bits per heavy atom. The third kappa shape index (κ3) is 6.25. The van der Waals surface area contributed by atoms with Crippen LogP contribution in [0.1, 0.15) is 11.1 Å². The molecule has 3 aromatic carbocycles. The van der Waals surface area contributed by atoms with Gasteiger partial charge in [0.25, 0.3) is 0 Å². The van der Waals surface area contributed by atoms with Crippen molar-refractivity contribution >= 4 is 27.7 Å². The molecule has 0 bridgehead atoms. The molecule has 0 saturated heterocycles. The van der Waals surface area contributed by atoms with Crippen LogP contribution in [-0.2, 0) is 21.4 Å². The van der Waals surface area contributed by atoms with Crippen molar-refractivity contribution in [1.29, 1.82) is 0 Å². The fraction of sp³-hybridized carbons (Fsp3) is 0.0370. The number of pyridine rings is 1. The van der Waals surface area contributed by atoms with E-state index in [9.17, 15) is 13.2 Å². The van der Waals surface area contributed by atoms with E-state index in [0.29, 0.717) is 5.69 Å². The SMILES string of the molecule is O=C(/C=C/c1ccncc1)Nc1ccc(S(=O)(=O)NCc2ccc(-c3ccccc3)cc2)cc1. The molecule has 4 aromatic rings. The molecule has 2 N–H and O–H groups in total. The monoisotopic (exact) mass is 469 g/mol. The van der Waals surface area contributed by atoms with Crippen LogP contribution in [0, 0.1) is 0 Å². The van der Waals surface area contributed by atoms with E-state index >= 15 is 0 Å². The highest BCUT2D eigenvalue weighted by molar-refractivity contribution is 7.89. The van der Waals surface area contributed by atoms with E-state index in [1.807, 2.05) is 54.6 Å². The molecule has 1 amide bonds. The molecule has 0 unspecified atom stereocenters. The molecule has 170 valence electrons. The van der Waals surface area contributed by atoms with Crippen molar-refractivity contribution in [3.05, 3.63) is 121 Å². The van der Waals surface area contributed by atoms with Gasteiger partial charge < -0.3 is 5.32 Å². The van der Waals surface area contributed by atoms with Gasteiger partial charge in [-0.25, -0.2) is 13.1 Å². The number of nitrogens with zero attached hydrogens (tertiary/aromatic N) is 1. The van der Waals surface area contributed by atoms with Gasteiger partial charge in [0.2, 0.25) is 15.9 Å². The first kappa shape index (κ1) is 23.1. The first-order valence-electron chi connectivity index (χ1n) is 10.6. The standard InChI is InChI=1S/C27H23N3O3S/c31-27(15-8-21-16-18-28-19-17-21)30-25-11-13-26(14-12-25)34(32,33)29-20-22-6-9-24(10-7-22)23-4-2-1-3-5-23/h1-19,29H,20H2,(H,30,31)/b15-8+. The highest BCUT2D eigenvalue weighted by Gasteiger charge is 2.14. The third-order valence-corrected chi connectivity index (χ3v) is 6.51. The van der Waals surface area contributed by atoms with Crippen LogP contribution in [0.5, 0.6) is 0 Å². The van der Waals surface area contributed by atoms with Crippen LogP contribution in [0.2, 0.25) is 0 Å². The lowest BCUT2D eigenvalue weighted by molar-refractivity contribution is -0.111. The molecular formula is C27H23N3O3S. The van der Waals surface area contributed by atoms with Gasteiger partial charge in [-0.3, -0.25) is 9.78 Å². The minimum absolute atomic E-state index is 0.124. The molecule has 0 atom stereocenters. The number of rotatable bonds is 8. The largest absolute Gasteiger partial charge is 0.323 e. The number of amides is 1. The van der Waals surface area contributed by atoms with Crippen molar-refractivity contribution in [2.24, 2.45) is 0 Å². The molecule has 0 aliphatic heterocycles. The molecule has 0 aliphatic rings. The summed E-state index contributed by atoms with van der Waals surface area (Å²) >= 11 is 0. The Kier molecular flexibility index (Phi) is 7.27. The summed E-state index contributed by atoms with van der Waals surface area (Å²) < 4.78 is 28.0. The summed E-state index contributed by atoms with van der Waals surface area (Å²) in [7, 11) is -3.69. The zero-order chi connectivity index (χ0) is 23.8. The number of anilines is 1. The highest BCUT2D eigenvalue weighted by atomic mass is 32.2. The zero-order valence-corrected chi connectivity index (χ0v) is 19.1. The Morgan fingerprint density at radius 3 is 2.12 bits per heavy atom. The van der Waals surface area contributed by atoms with Crippen LogP contribution in [0.3, 0.4) is 0 Å². The number of carbonyl (C=O) groups excluding carboxylic acids is 1. The molecular weight excluding hydrogens is 446 g/mol. The number of nitrogens with one attached hydrogen (secondary N) is 2. The minimum atomic E-state index is -3.69. The fourth-order valence-electron chi connectivity index (χ4n) is 3.26.